The highest BCUT2D eigenvalue weighted by atomic mass is 79.9. The van der Waals surface area contributed by atoms with Gasteiger partial charge in [-0.05, 0) is 74.8 Å². The number of hydrogen-bond acceptors (Lipinski definition) is 5. The molecule has 9 atom stereocenters. The zero-order valence-corrected chi connectivity index (χ0v) is 22.1. The summed E-state index contributed by atoms with van der Waals surface area (Å²) in [6.45, 7) is 6.05. The average molecular weight is 534 g/mol. The van der Waals surface area contributed by atoms with E-state index < -0.39 is 5.60 Å². The number of alkyl halides is 1. The number of carbonyl (C=O) groups excluding carboxylic acids is 2. The molecule has 1 N–H and O–H groups in total. The number of hydrogen-bond donors (Lipinski definition) is 1. The monoisotopic (exact) mass is 532 g/mol. The third-order valence-electron chi connectivity index (χ3n) is 10.3. The highest BCUT2D eigenvalue weighted by Gasteiger charge is 2.67. The van der Waals surface area contributed by atoms with Gasteiger partial charge in [0.25, 0.3) is 0 Å². The molecule has 0 aromatic heterocycles. The van der Waals surface area contributed by atoms with Gasteiger partial charge in [-0.3, -0.25) is 4.79 Å². The molecule has 6 heteroatoms. The van der Waals surface area contributed by atoms with Gasteiger partial charge in [-0.2, -0.15) is 0 Å². The molecule has 1 aromatic carbocycles. The second-order valence-corrected chi connectivity index (χ2v) is 12.9. The van der Waals surface area contributed by atoms with Crippen molar-refractivity contribution in [3.05, 3.63) is 35.9 Å². The van der Waals surface area contributed by atoms with Crippen LogP contribution in [0, 0.1) is 28.6 Å². The maximum absolute atomic E-state index is 12.8. The van der Waals surface area contributed by atoms with E-state index in [9.17, 15) is 14.7 Å². The van der Waals surface area contributed by atoms with Crippen molar-refractivity contribution in [1.29, 1.82) is 0 Å². The second-order valence-electron chi connectivity index (χ2n) is 11.8. The topological polar surface area (TPSA) is 72.8 Å². The van der Waals surface area contributed by atoms with Gasteiger partial charge in [-0.25, -0.2) is 4.79 Å². The van der Waals surface area contributed by atoms with Crippen LogP contribution in [0.2, 0.25) is 0 Å². The quantitative estimate of drug-likeness (QED) is 0.400. The fourth-order valence-corrected chi connectivity index (χ4v) is 9.59. The van der Waals surface area contributed by atoms with Crippen LogP contribution in [-0.4, -0.2) is 39.7 Å². The molecule has 34 heavy (non-hydrogen) atoms. The number of fused-ring (bicyclic) bond motifs is 5. The molecule has 0 spiro atoms. The van der Waals surface area contributed by atoms with E-state index in [-0.39, 0.29) is 39.8 Å². The third-order valence-corrected chi connectivity index (χ3v) is 11.4. The van der Waals surface area contributed by atoms with Crippen LogP contribution in [0.1, 0.15) is 82.5 Å². The lowest BCUT2D eigenvalue weighted by molar-refractivity contribution is -0.220. The van der Waals surface area contributed by atoms with Gasteiger partial charge in [0.2, 0.25) is 0 Å². The van der Waals surface area contributed by atoms with Gasteiger partial charge in [-0.1, -0.05) is 48.0 Å². The molecule has 186 valence electrons. The number of benzene rings is 1. The van der Waals surface area contributed by atoms with Crippen LogP contribution in [0.3, 0.4) is 0 Å². The smallest absolute Gasteiger partial charge is 0.338 e. The summed E-state index contributed by atoms with van der Waals surface area (Å²) in [5, 5.41) is 12.0. The average Bonchev–Trinajstić information content (AvgIpc) is 3.12. The molecule has 1 aromatic rings. The van der Waals surface area contributed by atoms with Crippen molar-refractivity contribution >= 4 is 27.9 Å². The number of carbonyl (C=O) groups is 2. The summed E-state index contributed by atoms with van der Waals surface area (Å²) in [5.74, 6) is 0.895. The minimum atomic E-state index is -0.891. The molecular weight excluding hydrogens is 496 g/mol. The van der Waals surface area contributed by atoms with Gasteiger partial charge in [-0.15, -0.1) is 0 Å². The van der Waals surface area contributed by atoms with Crippen molar-refractivity contribution < 1.29 is 24.2 Å². The fraction of sp³-hybridized carbons (Fsp3) is 0.714. The van der Waals surface area contributed by atoms with E-state index in [4.69, 9.17) is 9.47 Å². The lowest BCUT2D eigenvalue weighted by Gasteiger charge is -2.65. The summed E-state index contributed by atoms with van der Waals surface area (Å²) in [4.78, 5) is 24.4. The molecule has 5 rings (SSSR count). The third kappa shape index (κ3) is 3.66. The number of aliphatic hydroxyl groups is 1. The molecule has 0 saturated heterocycles. The van der Waals surface area contributed by atoms with Crippen LogP contribution in [0.4, 0.5) is 0 Å². The number of rotatable bonds is 3. The van der Waals surface area contributed by atoms with Crippen LogP contribution in [0.5, 0.6) is 0 Å². The first-order valence-corrected chi connectivity index (χ1v) is 13.8. The second kappa shape index (κ2) is 8.62. The van der Waals surface area contributed by atoms with Crippen LogP contribution >= 0.6 is 15.9 Å². The summed E-state index contributed by atoms with van der Waals surface area (Å²) >= 11 is 3.90. The molecule has 0 unspecified atom stereocenters. The lowest BCUT2D eigenvalue weighted by atomic mass is 9.43. The lowest BCUT2D eigenvalue weighted by Crippen LogP contribution is -2.67. The highest BCUT2D eigenvalue weighted by molar-refractivity contribution is 9.09. The summed E-state index contributed by atoms with van der Waals surface area (Å²) in [7, 11) is 0. The molecule has 4 aliphatic carbocycles. The van der Waals surface area contributed by atoms with E-state index in [0.29, 0.717) is 29.7 Å². The van der Waals surface area contributed by atoms with E-state index in [1.165, 1.54) is 6.92 Å². The predicted octanol–water partition coefficient (Wildman–Crippen LogP) is 5.67. The van der Waals surface area contributed by atoms with Crippen LogP contribution < -0.4 is 0 Å². The van der Waals surface area contributed by atoms with E-state index in [2.05, 4.69) is 29.8 Å². The Morgan fingerprint density at radius 2 is 1.74 bits per heavy atom. The normalized spacial score (nSPS) is 45.4. The van der Waals surface area contributed by atoms with Gasteiger partial charge in [0.1, 0.15) is 12.2 Å². The minimum absolute atomic E-state index is 0.0287. The summed E-state index contributed by atoms with van der Waals surface area (Å²) in [6.07, 6.45) is 6.82. The Bertz CT molecular complexity index is 951. The Balaban J connectivity index is 1.36. The SMILES string of the molecule is CC(=O)O[C@@H]1CC[C@]2(C)[C@@H]3CC[C@@]4(C)[C@@H](OC(=O)c5ccccc5)CC[C@@H]4[C@@H]3C[C@H](Br)[C@@]2(O)C1. The molecule has 0 aliphatic heterocycles. The van der Waals surface area contributed by atoms with Crippen molar-refractivity contribution in [2.24, 2.45) is 28.6 Å². The highest BCUT2D eigenvalue weighted by Crippen LogP contribution is 2.68. The van der Waals surface area contributed by atoms with Crippen molar-refractivity contribution in [3.8, 4) is 0 Å². The Morgan fingerprint density at radius 3 is 2.44 bits per heavy atom. The number of halogens is 1. The summed E-state index contributed by atoms with van der Waals surface area (Å²) in [6, 6.07) is 9.29. The predicted molar refractivity (Wildman–Crippen MR) is 132 cm³/mol. The first-order valence-electron chi connectivity index (χ1n) is 12.9. The zero-order valence-electron chi connectivity index (χ0n) is 20.5. The molecular formula is C28H37BrO5. The Morgan fingerprint density at radius 1 is 1.00 bits per heavy atom. The first kappa shape index (κ1) is 24.3. The summed E-state index contributed by atoms with van der Waals surface area (Å²) in [5.41, 5.74) is -0.526. The summed E-state index contributed by atoms with van der Waals surface area (Å²) < 4.78 is 11.7. The van der Waals surface area contributed by atoms with E-state index in [1.54, 1.807) is 0 Å². The Kier molecular flexibility index (Phi) is 6.16. The largest absolute Gasteiger partial charge is 0.462 e. The maximum atomic E-state index is 12.8. The number of ether oxygens (including phenoxy) is 2. The Labute approximate surface area is 211 Å². The van der Waals surface area contributed by atoms with Gasteiger partial charge in [0.05, 0.1) is 11.2 Å². The van der Waals surface area contributed by atoms with Crippen molar-refractivity contribution in [3.63, 3.8) is 0 Å². The minimum Gasteiger partial charge on any atom is -0.462 e. The van der Waals surface area contributed by atoms with Crippen molar-refractivity contribution in [1.82, 2.24) is 0 Å². The van der Waals surface area contributed by atoms with Crippen LogP contribution in [0.25, 0.3) is 0 Å². The molecule has 0 heterocycles. The number of esters is 2. The molecule has 0 amide bonds. The van der Waals surface area contributed by atoms with E-state index in [1.807, 2.05) is 30.3 Å². The molecule has 0 radical (unpaired) electrons. The van der Waals surface area contributed by atoms with Gasteiger partial charge >= 0.3 is 11.9 Å². The van der Waals surface area contributed by atoms with Crippen molar-refractivity contribution in [2.45, 2.75) is 94.8 Å². The van der Waals surface area contributed by atoms with Gasteiger partial charge < -0.3 is 14.6 Å². The van der Waals surface area contributed by atoms with Gasteiger partial charge in [0.15, 0.2) is 0 Å². The first-order chi connectivity index (χ1) is 16.1. The zero-order chi connectivity index (χ0) is 24.3. The molecule has 0 bridgehead atoms. The van der Waals surface area contributed by atoms with E-state index >= 15 is 0 Å². The van der Waals surface area contributed by atoms with E-state index in [0.717, 1.165) is 44.9 Å². The molecule has 5 nitrogen and oxygen atoms in total. The molecule has 4 saturated carbocycles. The molecule has 4 aliphatic rings. The fourth-order valence-electron chi connectivity index (χ4n) is 8.45. The van der Waals surface area contributed by atoms with Crippen LogP contribution in [-0.2, 0) is 14.3 Å². The van der Waals surface area contributed by atoms with Crippen LogP contribution in [0.15, 0.2) is 30.3 Å². The van der Waals surface area contributed by atoms with Crippen molar-refractivity contribution in [2.75, 3.05) is 0 Å². The molecule has 4 fully saturated rings. The Hall–Kier alpha value is -1.40. The standard InChI is InChI=1S/C28H37BrO5/c1-17(30)33-19-11-14-27(3)22-12-13-26(2)21(20(22)15-23(29)28(27,32)16-19)9-10-24(26)34-25(31)18-7-5-4-6-8-18/h4-8,19-24,32H,9-16H2,1-3H3/t19-,20+,21-,22-,23+,24+,26-,27-,28+/m1/s1. The maximum Gasteiger partial charge on any atom is 0.338 e. The van der Waals surface area contributed by atoms with Gasteiger partial charge in [0, 0.05) is 29.0 Å².